The van der Waals surface area contributed by atoms with Gasteiger partial charge in [-0.05, 0) is 48.6 Å². The van der Waals surface area contributed by atoms with Crippen LogP contribution in [-0.2, 0) is 0 Å². The monoisotopic (exact) mass is 363 g/mol. The van der Waals surface area contributed by atoms with Crippen LogP contribution in [-0.4, -0.2) is 29.7 Å². The number of nitrogens with zero attached hydrogens (tertiary/aromatic N) is 3. The highest BCUT2D eigenvalue weighted by Gasteiger charge is 2.12. The van der Waals surface area contributed by atoms with Gasteiger partial charge in [-0.2, -0.15) is 0 Å². The quantitative estimate of drug-likeness (QED) is 0.540. The summed E-state index contributed by atoms with van der Waals surface area (Å²) in [6, 6.07) is 14.7. The summed E-state index contributed by atoms with van der Waals surface area (Å²) in [5.74, 6) is 2.46. The summed E-state index contributed by atoms with van der Waals surface area (Å²) in [5.41, 5.74) is 3.46. The van der Waals surface area contributed by atoms with Crippen LogP contribution >= 0.6 is 0 Å². The molecule has 142 valence electrons. The van der Waals surface area contributed by atoms with E-state index in [4.69, 9.17) is 4.74 Å². The fourth-order valence-electron chi connectivity index (χ4n) is 3.23. The lowest BCUT2D eigenvalue weighted by Crippen LogP contribution is -2.30. The molecular weight excluding hydrogens is 334 g/mol. The fraction of sp³-hybridized carbons (Fsp3) is 0.391. The molecule has 0 bridgehead atoms. The van der Waals surface area contributed by atoms with Gasteiger partial charge in [0.1, 0.15) is 24.5 Å². The molecule has 0 amide bonds. The zero-order chi connectivity index (χ0) is 19.2. The molecular formula is C23H29N3O. The van der Waals surface area contributed by atoms with Crippen molar-refractivity contribution in [1.82, 2.24) is 9.97 Å². The van der Waals surface area contributed by atoms with E-state index in [0.717, 1.165) is 42.0 Å². The molecule has 0 atom stereocenters. The van der Waals surface area contributed by atoms with Crippen molar-refractivity contribution in [3.05, 3.63) is 59.9 Å². The maximum Gasteiger partial charge on any atom is 0.139 e. The number of ether oxygens (including phenoxy) is 1. The van der Waals surface area contributed by atoms with E-state index < -0.39 is 0 Å². The SMILES string of the molecule is CCCN(CCOc1cc(C(C)C)ccc1C)c1ncnc2ccccc12. The Kier molecular flexibility index (Phi) is 6.28. The van der Waals surface area contributed by atoms with Crippen LogP contribution < -0.4 is 9.64 Å². The van der Waals surface area contributed by atoms with Crippen LogP contribution in [0.15, 0.2) is 48.8 Å². The summed E-state index contributed by atoms with van der Waals surface area (Å²) in [7, 11) is 0. The van der Waals surface area contributed by atoms with Gasteiger partial charge in [-0.25, -0.2) is 9.97 Å². The molecule has 0 radical (unpaired) electrons. The predicted octanol–water partition coefficient (Wildman–Crippen LogP) is 5.36. The molecule has 0 N–H and O–H groups in total. The van der Waals surface area contributed by atoms with Gasteiger partial charge in [0.05, 0.1) is 12.1 Å². The Bertz CT molecular complexity index is 886. The average molecular weight is 364 g/mol. The highest BCUT2D eigenvalue weighted by molar-refractivity contribution is 5.89. The second kappa shape index (κ2) is 8.85. The second-order valence-electron chi connectivity index (χ2n) is 7.23. The summed E-state index contributed by atoms with van der Waals surface area (Å²) in [4.78, 5) is 11.2. The molecule has 3 aromatic rings. The van der Waals surface area contributed by atoms with E-state index >= 15 is 0 Å². The van der Waals surface area contributed by atoms with Crippen LogP contribution in [0.3, 0.4) is 0 Å². The summed E-state index contributed by atoms with van der Waals surface area (Å²) >= 11 is 0. The van der Waals surface area contributed by atoms with Gasteiger partial charge >= 0.3 is 0 Å². The molecule has 0 aliphatic rings. The third-order valence-electron chi connectivity index (χ3n) is 4.81. The standard InChI is InChI=1S/C23H29N3O/c1-5-12-26(23-20-8-6-7-9-21(20)24-16-25-23)13-14-27-22-15-19(17(2)3)11-10-18(22)4/h6-11,15-17H,5,12-14H2,1-4H3. The smallest absolute Gasteiger partial charge is 0.139 e. The molecule has 0 saturated heterocycles. The zero-order valence-electron chi connectivity index (χ0n) is 16.8. The van der Waals surface area contributed by atoms with Gasteiger partial charge in [0.25, 0.3) is 0 Å². The van der Waals surface area contributed by atoms with E-state index in [1.54, 1.807) is 6.33 Å². The first kappa shape index (κ1) is 19.2. The number of rotatable bonds is 8. The Labute approximate surface area is 162 Å². The molecule has 1 aromatic heterocycles. The number of fused-ring (bicyclic) bond motifs is 1. The van der Waals surface area contributed by atoms with Crippen molar-refractivity contribution in [3.63, 3.8) is 0 Å². The van der Waals surface area contributed by atoms with Gasteiger partial charge in [-0.1, -0.05) is 45.0 Å². The number of para-hydroxylation sites is 1. The Morgan fingerprint density at radius 2 is 1.85 bits per heavy atom. The molecule has 0 fully saturated rings. The van der Waals surface area contributed by atoms with E-state index in [9.17, 15) is 0 Å². The first-order valence-corrected chi connectivity index (χ1v) is 9.78. The summed E-state index contributed by atoms with van der Waals surface area (Å²) in [5, 5.41) is 1.09. The Morgan fingerprint density at radius 1 is 1.04 bits per heavy atom. The van der Waals surface area contributed by atoms with Crippen molar-refractivity contribution in [2.75, 3.05) is 24.6 Å². The lowest BCUT2D eigenvalue weighted by molar-refractivity contribution is 0.321. The number of anilines is 1. The largest absolute Gasteiger partial charge is 0.491 e. The van der Waals surface area contributed by atoms with Gasteiger partial charge < -0.3 is 9.64 Å². The van der Waals surface area contributed by atoms with E-state index in [2.05, 4.69) is 66.8 Å². The first-order chi connectivity index (χ1) is 13.1. The van der Waals surface area contributed by atoms with E-state index in [0.29, 0.717) is 12.5 Å². The van der Waals surface area contributed by atoms with Crippen LogP contribution in [0.25, 0.3) is 10.9 Å². The number of hydrogen-bond acceptors (Lipinski definition) is 4. The van der Waals surface area contributed by atoms with Crippen molar-refractivity contribution >= 4 is 16.7 Å². The van der Waals surface area contributed by atoms with Gasteiger partial charge in [0.15, 0.2) is 0 Å². The second-order valence-corrected chi connectivity index (χ2v) is 7.23. The van der Waals surface area contributed by atoms with E-state index in [-0.39, 0.29) is 0 Å². The predicted molar refractivity (Wildman–Crippen MR) is 113 cm³/mol. The molecule has 0 spiro atoms. The van der Waals surface area contributed by atoms with E-state index in [1.165, 1.54) is 11.1 Å². The Morgan fingerprint density at radius 3 is 2.63 bits per heavy atom. The third kappa shape index (κ3) is 4.57. The summed E-state index contributed by atoms with van der Waals surface area (Å²) in [6.07, 6.45) is 2.71. The van der Waals surface area contributed by atoms with Gasteiger partial charge in [-0.15, -0.1) is 0 Å². The van der Waals surface area contributed by atoms with Crippen molar-refractivity contribution in [1.29, 1.82) is 0 Å². The molecule has 0 unspecified atom stereocenters. The Balaban J connectivity index is 1.75. The van der Waals surface area contributed by atoms with Crippen LogP contribution in [0.4, 0.5) is 5.82 Å². The molecule has 0 aliphatic heterocycles. The molecule has 1 heterocycles. The van der Waals surface area contributed by atoms with Crippen LogP contribution in [0.1, 0.15) is 44.2 Å². The summed E-state index contributed by atoms with van der Waals surface area (Å²) in [6.45, 7) is 11.1. The fourth-order valence-corrected chi connectivity index (χ4v) is 3.23. The maximum absolute atomic E-state index is 6.15. The van der Waals surface area contributed by atoms with E-state index in [1.807, 2.05) is 18.2 Å². The number of aromatic nitrogens is 2. The zero-order valence-corrected chi connectivity index (χ0v) is 16.8. The minimum Gasteiger partial charge on any atom is -0.491 e. The number of aryl methyl sites for hydroxylation is 1. The van der Waals surface area contributed by atoms with Gasteiger partial charge in [0.2, 0.25) is 0 Å². The van der Waals surface area contributed by atoms with Crippen molar-refractivity contribution in [2.45, 2.75) is 40.0 Å². The molecule has 0 aliphatic carbocycles. The van der Waals surface area contributed by atoms with Crippen LogP contribution in [0.2, 0.25) is 0 Å². The topological polar surface area (TPSA) is 38.2 Å². The Hall–Kier alpha value is -2.62. The average Bonchev–Trinajstić information content (AvgIpc) is 2.68. The molecule has 4 heteroatoms. The third-order valence-corrected chi connectivity index (χ3v) is 4.81. The van der Waals surface area contributed by atoms with Gasteiger partial charge in [0, 0.05) is 11.9 Å². The minimum atomic E-state index is 0.497. The number of hydrogen-bond donors (Lipinski definition) is 0. The molecule has 27 heavy (non-hydrogen) atoms. The molecule has 4 nitrogen and oxygen atoms in total. The van der Waals surface area contributed by atoms with Crippen LogP contribution in [0, 0.1) is 6.92 Å². The summed E-state index contributed by atoms with van der Waals surface area (Å²) < 4.78 is 6.15. The number of benzene rings is 2. The molecule has 2 aromatic carbocycles. The molecule has 3 rings (SSSR count). The van der Waals surface area contributed by atoms with Crippen LogP contribution in [0.5, 0.6) is 5.75 Å². The lowest BCUT2D eigenvalue weighted by Gasteiger charge is -2.24. The van der Waals surface area contributed by atoms with Crippen molar-refractivity contribution in [2.24, 2.45) is 0 Å². The normalized spacial score (nSPS) is 11.1. The highest BCUT2D eigenvalue weighted by atomic mass is 16.5. The minimum absolute atomic E-state index is 0.497. The van der Waals surface area contributed by atoms with Gasteiger partial charge in [-0.3, -0.25) is 0 Å². The first-order valence-electron chi connectivity index (χ1n) is 9.78. The van der Waals surface area contributed by atoms with Crippen molar-refractivity contribution < 1.29 is 4.74 Å². The highest BCUT2D eigenvalue weighted by Crippen LogP contribution is 2.25. The maximum atomic E-state index is 6.15. The lowest BCUT2D eigenvalue weighted by atomic mass is 10.0. The van der Waals surface area contributed by atoms with Crippen molar-refractivity contribution in [3.8, 4) is 5.75 Å². The molecule has 0 saturated carbocycles.